The molecule has 1 amide bonds. The van der Waals surface area contributed by atoms with Gasteiger partial charge in [-0.2, -0.15) is 0 Å². The summed E-state index contributed by atoms with van der Waals surface area (Å²) in [5.74, 6) is -0.326. The second-order valence-corrected chi connectivity index (χ2v) is 5.23. The van der Waals surface area contributed by atoms with Crippen LogP contribution in [0.4, 0.5) is 5.69 Å². The molecule has 2 N–H and O–H groups in total. The van der Waals surface area contributed by atoms with E-state index >= 15 is 0 Å². The second kappa shape index (κ2) is 10.7. The van der Waals surface area contributed by atoms with Crippen molar-refractivity contribution in [3.63, 3.8) is 0 Å². The molecule has 0 radical (unpaired) electrons. The maximum atomic E-state index is 11.7. The van der Waals surface area contributed by atoms with Crippen molar-refractivity contribution in [2.75, 3.05) is 11.9 Å². The van der Waals surface area contributed by atoms with Crippen LogP contribution in [0.1, 0.15) is 51.9 Å². The summed E-state index contributed by atoms with van der Waals surface area (Å²) in [6, 6.07) is 7.27. The van der Waals surface area contributed by atoms with E-state index in [0.717, 1.165) is 18.6 Å². The number of aliphatic carboxylic acids is 1. The van der Waals surface area contributed by atoms with Gasteiger partial charge in [-0.1, -0.05) is 32.3 Å². The van der Waals surface area contributed by atoms with Crippen LogP contribution in [0.25, 0.3) is 0 Å². The van der Waals surface area contributed by atoms with Gasteiger partial charge in [0.25, 0.3) is 0 Å². The van der Waals surface area contributed by atoms with Crippen molar-refractivity contribution < 1.29 is 19.4 Å². The highest BCUT2D eigenvalue weighted by atomic mass is 16.5. The maximum Gasteiger partial charge on any atom is 0.303 e. The lowest BCUT2D eigenvalue weighted by atomic mass is 10.2. The minimum atomic E-state index is -0.883. The van der Waals surface area contributed by atoms with E-state index < -0.39 is 5.97 Å². The highest BCUT2D eigenvalue weighted by Gasteiger charge is 2.05. The van der Waals surface area contributed by atoms with E-state index in [1.165, 1.54) is 12.8 Å². The molecule has 0 bridgehead atoms. The minimum Gasteiger partial charge on any atom is -0.494 e. The van der Waals surface area contributed by atoms with Crippen LogP contribution in [-0.2, 0) is 9.59 Å². The molecule has 0 saturated heterocycles. The Bertz CT molecular complexity index is 473. The van der Waals surface area contributed by atoms with Crippen molar-refractivity contribution in [1.29, 1.82) is 0 Å². The molecule has 5 heteroatoms. The first-order valence-electron chi connectivity index (χ1n) is 7.86. The fourth-order valence-electron chi connectivity index (χ4n) is 2.01. The number of hydrogen-bond donors (Lipinski definition) is 2. The fourth-order valence-corrected chi connectivity index (χ4v) is 2.01. The number of carbonyl (C=O) groups excluding carboxylic acids is 1. The number of hydrogen-bond acceptors (Lipinski definition) is 3. The Hall–Kier alpha value is -2.04. The quantitative estimate of drug-likeness (QED) is 0.609. The fraction of sp³-hybridized carbons (Fsp3) is 0.529. The van der Waals surface area contributed by atoms with Crippen LogP contribution in [-0.4, -0.2) is 23.6 Å². The van der Waals surface area contributed by atoms with Gasteiger partial charge in [-0.15, -0.1) is 0 Å². The number of benzene rings is 1. The Morgan fingerprint density at radius 2 is 1.95 bits per heavy atom. The van der Waals surface area contributed by atoms with E-state index in [1.54, 1.807) is 12.1 Å². The molecular weight excluding hydrogens is 282 g/mol. The molecule has 1 aromatic carbocycles. The average molecular weight is 307 g/mol. The zero-order chi connectivity index (χ0) is 16.2. The first kappa shape index (κ1) is 18.0. The number of rotatable bonds is 11. The molecule has 0 aliphatic heterocycles. The summed E-state index contributed by atoms with van der Waals surface area (Å²) < 4.78 is 5.66. The molecule has 1 rings (SSSR count). The Balaban J connectivity index is 2.33. The van der Waals surface area contributed by atoms with E-state index in [9.17, 15) is 9.59 Å². The van der Waals surface area contributed by atoms with Gasteiger partial charge in [0.05, 0.1) is 6.61 Å². The monoisotopic (exact) mass is 307 g/mol. The third-order valence-corrected chi connectivity index (χ3v) is 3.18. The molecule has 0 atom stereocenters. The molecule has 0 aliphatic rings. The molecular formula is C17H25NO4. The number of anilines is 1. The summed E-state index contributed by atoms with van der Waals surface area (Å²) in [6.45, 7) is 2.85. The van der Waals surface area contributed by atoms with Crippen molar-refractivity contribution in [2.24, 2.45) is 0 Å². The highest BCUT2D eigenvalue weighted by Crippen LogP contribution is 2.18. The van der Waals surface area contributed by atoms with Gasteiger partial charge < -0.3 is 15.2 Å². The summed E-state index contributed by atoms with van der Waals surface area (Å²) >= 11 is 0. The first-order valence-corrected chi connectivity index (χ1v) is 7.86. The summed E-state index contributed by atoms with van der Waals surface area (Å²) in [5.41, 5.74) is 0.673. The van der Waals surface area contributed by atoms with E-state index in [-0.39, 0.29) is 18.7 Å². The largest absolute Gasteiger partial charge is 0.494 e. The topological polar surface area (TPSA) is 75.6 Å². The van der Waals surface area contributed by atoms with Gasteiger partial charge in [0.15, 0.2) is 0 Å². The summed E-state index contributed by atoms with van der Waals surface area (Å²) in [6.07, 6.45) is 5.16. The Labute approximate surface area is 131 Å². The lowest BCUT2D eigenvalue weighted by Crippen LogP contribution is -2.12. The third-order valence-electron chi connectivity index (χ3n) is 3.18. The molecule has 0 saturated carbocycles. The summed E-state index contributed by atoms with van der Waals surface area (Å²) in [7, 11) is 0. The second-order valence-electron chi connectivity index (χ2n) is 5.23. The standard InChI is InChI=1S/C17H25NO4/c1-2-3-4-5-12-22-15-9-6-8-14(13-15)18-16(19)10-7-11-17(20)21/h6,8-9,13H,2-5,7,10-12H2,1H3,(H,18,19)(H,20,21). The number of carboxylic acid groups (broad SMARTS) is 1. The number of carboxylic acids is 1. The van der Waals surface area contributed by atoms with Gasteiger partial charge in [0.2, 0.25) is 5.91 Å². The van der Waals surface area contributed by atoms with E-state index in [0.29, 0.717) is 18.7 Å². The van der Waals surface area contributed by atoms with Gasteiger partial charge in [-0.3, -0.25) is 9.59 Å². The van der Waals surface area contributed by atoms with Crippen LogP contribution >= 0.6 is 0 Å². The lowest BCUT2D eigenvalue weighted by Gasteiger charge is -2.09. The van der Waals surface area contributed by atoms with Gasteiger partial charge >= 0.3 is 5.97 Å². The third kappa shape index (κ3) is 8.29. The molecule has 1 aromatic rings. The molecule has 0 aromatic heterocycles. The van der Waals surface area contributed by atoms with E-state index in [4.69, 9.17) is 9.84 Å². The smallest absolute Gasteiger partial charge is 0.303 e. The Morgan fingerprint density at radius 3 is 2.68 bits per heavy atom. The molecule has 0 fully saturated rings. The molecule has 0 aliphatic carbocycles. The van der Waals surface area contributed by atoms with Crippen molar-refractivity contribution in [2.45, 2.75) is 51.9 Å². The average Bonchev–Trinajstić information content (AvgIpc) is 2.47. The molecule has 122 valence electrons. The van der Waals surface area contributed by atoms with Crippen molar-refractivity contribution in [3.8, 4) is 5.75 Å². The summed E-state index contributed by atoms with van der Waals surface area (Å²) in [5, 5.41) is 11.3. The lowest BCUT2D eigenvalue weighted by molar-refractivity contribution is -0.137. The number of unbranched alkanes of at least 4 members (excludes halogenated alkanes) is 3. The van der Waals surface area contributed by atoms with E-state index in [1.807, 2.05) is 12.1 Å². The zero-order valence-electron chi connectivity index (χ0n) is 13.1. The SMILES string of the molecule is CCCCCCOc1cccc(NC(=O)CCCC(=O)O)c1. The van der Waals surface area contributed by atoms with Crippen molar-refractivity contribution in [3.05, 3.63) is 24.3 Å². The number of amides is 1. The maximum absolute atomic E-state index is 11.7. The zero-order valence-corrected chi connectivity index (χ0v) is 13.1. The number of ether oxygens (including phenoxy) is 1. The predicted molar refractivity (Wildman–Crippen MR) is 86.2 cm³/mol. The van der Waals surface area contributed by atoms with Gasteiger partial charge in [-0.25, -0.2) is 0 Å². The highest BCUT2D eigenvalue weighted by molar-refractivity contribution is 5.91. The molecule has 0 heterocycles. The van der Waals surface area contributed by atoms with Crippen LogP contribution in [0, 0.1) is 0 Å². The van der Waals surface area contributed by atoms with Crippen LogP contribution in [0.5, 0.6) is 5.75 Å². The van der Waals surface area contributed by atoms with Crippen LogP contribution in [0.15, 0.2) is 24.3 Å². The van der Waals surface area contributed by atoms with Crippen LogP contribution < -0.4 is 10.1 Å². The van der Waals surface area contributed by atoms with Gasteiger partial charge in [0.1, 0.15) is 5.75 Å². The van der Waals surface area contributed by atoms with Crippen LogP contribution in [0.3, 0.4) is 0 Å². The molecule has 5 nitrogen and oxygen atoms in total. The van der Waals surface area contributed by atoms with E-state index in [2.05, 4.69) is 12.2 Å². The molecule has 22 heavy (non-hydrogen) atoms. The minimum absolute atomic E-state index is 0.00826. The van der Waals surface area contributed by atoms with Gasteiger partial charge in [0, 0.05) is 24.6 Å². The summed E-state index contributed by atoms with van der Waals surface area (Å²) in [4.78, 5) is 22.1. The van der Waals surface area contributed by atoms with Crippen molar-refractivity contribution >= 4 is 17.6 Å². The predicted octanol–water partition coefficient (Wildman–Crippen LogP) is 3.84. The molecule has 0 spiro atoms. The molecule has 0 unspecified atom stereocenters. The normalized spacial score (nSPS) is 10.2. The van der Waals surface area contributed by atoms with Crippen molar-refractivity contribution in [1.82, 2.24) is 0 Å². The Morgan fingerprint density at radius 1 is 1.14 bits per heavy atom. The number of nitrogens with one attached hydrogen (secondary N) is 1. The van der Waals surface area contributed by atoms with Crippen LogP contribution in [0.2, 0.25) is 0 Å². The number of carbonyl (C=O) groups is 2. The first-order chi connectivity index (χ1) is 10.6. The van der Waals surface area contributed by atoms with Gasteiger partial charge in [-0.05, 0) is 25.0 Å². The Kier molecular flexibility index (Phi) is 8.72.